The maximum atomic E-state index is 7.18. The highest BCUT2D eigenvalue weighted by molar-refractivity contribution is 5.60. The van der Waals surface area contributed by atoms with Crippen molar-refractivity contribution in [3.63, 3.8) is 0 Å². The van der Waals surface area contributed by atoms with Crippen LogP contribution in [0, 0.1) is 20.4 Å². The number of nitrogens with zero attached hydrogens (tertiary/aromatic N) is 2. The molecule has 1 aliphatic rings. The molecule has 0 spiro atoms. The maximum absolute atomic E-state index is 7.18. The van der Waals surface area contributed by atoms with Gasteiger partial charge in [-0.25, -0.2) is 4.85 Å². The predicted octanol–water partition coefficient (Wildman–Crippen LogP) is 3.13. The van der Waals surface area contributed by atoms with Gasteiger partial charge in [-0.1, -0.05) is 6.42 Å². The highest BCUT2D eigenvalue weighted by atomic mass is 14.8. The Labute approximate surface area is 84.8 Å². The van der Waals surface area contributed by atoms with Crippen molar-refractivity contribution in [1.82, 2.24) is 4.98 Å². The number of pyridine rings is 1. The van der Waals surface area contributed by atoms with E-state index >= 15 is 0 Å². The standard InChI is InChI=1S/C12H14N2/c1-8-10-6-4-5-7-11(10)12(13-3)9(2)14-8/h4-7H2,1-2H3. The van der Waals surface area contributed by atoms with Crippen LogP contribution in [0.15, 0.2) is 0 Å². The van der Waals surface area contributed by atoms with Gasteiger partial charge in [-0.2, -0.15) is 0 Å². The molecule has 2 heteroatoms. The summed E-state index contributed by atoms with van der Waals surface area (Å²) >= 11 is 0. The Kier molecular flexibility index (Phi) is 2.25. The van der Waals surface area contributed by atoms with Crippen molar-refractivity contribution in [3.05, 3.63) is 33.9 Å². The van der Waals surface area contributed by atoms with E-state index in [0.29, 0.717) is 0 Å². The van der Waals surface area contributed by atoms with Crippen LogP contribution in [-0.2, 0) is 12.8 Å². The first-order valence-corrected chi connectivity index (χ1v) is 5.10. The zero-order valence-electron chi connectivity index (χ0n) is 8.72. The Balaban J connectivity index is 2.69. The second-order valence-electron chi connectivity index (χ2n) is 3.91. The first-order valence-electron chi connectivity index (χ1n) is 5.10. The van der Waals surface area contributed by atoms with Crippen LogP contribution in [0.5, 0.6) is 0 Å². The van der Waals surface area contributed by atoms with Crippen molar-refractivity contribution in [3.8, 4) is 0 Å². The van der Waals surface area contributed by atoms with Gasteiger partial charge in [0.25, 0.3) is 0 Å². The van der Waals surface area contributed by atoms with E-state index in [1.54, 1.807) is 0 Å². The Bertz CT molecular complexity index is 413. The topological polar surface area (TPSA) is 17.2 Å². The average Bonchev–Trinajstić information content (AvgIpc) is 2.18. The minimum Gasteiger partial charge on any atom is -0.270 e. The lowest BCUT2D eigenvalue weighted by Gasteiger charge is -2.19. The SMILES string of the molecule is [C-]#[N+]c1c(C)nc(C)c2c1CCCC2. The lowest BCUT2D eigenvalue weighted by Crippen LogP contribution is -2.07. The van der Waals surface area contributed by atoms with E-state index in [-0.39, 0.29) is 0 Å². The third-order valence-corrected chi connectivity index (χ3v) is 2.98. The molecule has 0 N–H and O–H groups in total. The molecule has 0 aromatic carbocycles. The molecule has 0 aliphatic heterocycles. The molecule has 0 bridgehead atoms. The fourth-order valence-electron chi connectivity index (χ4n) is 2.30. The van der Waals surface area contributed by atoms with Crippen LogP contribution < -0.4 is 0 Å². The molecule has 1 aromatic rings. The fraction of sp³-hybridized carbons (Fsp3) is 0.500. The van der Waals surface area contributed by atoms with Crippen molar-refractivity contribution in [2.24, 2.45) is 0 Å². The number of aromatic nitrogens is 1. The molecule has 2 rings (SSSR count). The summed E-state index contributed by atoms with van der Waals surface area (Å²) in [6.07, 6.45) is 4.64. The van der Waals surface area contributed by atoms with Gasteiger partial charge in [-0.05, 0) is 44.2 Å². The Morgan fingerprint density at radius 1 is 1.07 bits per heavy atom. The molecule has 0 saturated carbocycles. The van der Waals surface area contributed by atoms with Gasteiger partial charge in [-0.15, -0.1) is 0 Å². The van der Waals surface area contributed by atoms with Crippen LogP contribution in [0.3, 0.4) is 0 Å². The molecule has 0 unspecified atom stereocenters. The molecule has 14 heavy (non-hydrogen) atoms. The van der Waals surface area contributed by atoms with Crippen LogP contribution >= 0.6 is 0 Å². The summed E-state index contributed by atoms with van der Waals surface area (Å²) in [6, 6.07) is 0. The molecule has 0 radical (unpaired) electrons. The Morgan fingerprint density at radius 3 is 2.36 bits per heavy atom. The minimum atomic E-state index is 0.810. The van der Waals surface area contributed by atoms with Crippen LogP contribution in [-0.4, -0.2) is 4.98 Å². The molecule has 0 saturated heterocycles. The van der Waals surface area contributed by atoms with Crippen molar-refractivity contribution in [1.29, 1.82) is 0 Å². The van der Waals surface area contributed by atoms with Crippen molar-refractivity contribution < 1.29 is 0 Å². The summed E-state index contributed by atoms with van der Waals surface area (Å²) in [5, 5.41) is 0. The van der Waals surface area contributed by atoms with Crippen molar-refractivity contribution in [2.45, 2.75) is 39.5 Å². The van der Waals surface area contributed by atoms with Crippen LogP contribution in [0.25, 0.3) is 4.85 Å². The quantitative estimate of drug-likeness (QED) is 0.569. The molecule has 1 aromatic heterocycles. The summed E-state index contributed by atoms with van der Waals surface area (Å²) in [6.45, 7) is 11.2. The van der Waals surface area contributed by atoms with Crippen LogP contribution in [0.2, 0.25) is 0 Å². The summed E-state index contributed by atoms with van der Waals surface area (Å²) in [4.78, 5) is 8.06. The second kappa shape index (κ2) is 3.42. The third kappa shape index (κ3) is 1.29. The van der Waals surface area contributed by atoms with E-state index < -0.39 is 0 Å². The second-order valence-corrected chi connectivity index (χ2v) is 3.91. The van der Waals surface area contributed by atoms with Gasteiger partial charge < -0.3 is 0 Å². The molecule has 2 nitrogen and oxygen atoms in total. The van der Waals surface area contributed by atoms with E-state index in [9.17, 15) is 0 Å². The normalized spacial score (nSPS) is 14.6. The zero-order valence-corrected chi connectivity index (χ0v) is 8.72. The van der Waals surface area contributed by atoms with Crippen LogP contribution in [0.1, 0.15) is 35.4 Å². The summed E-state index contributed by atoms with van der Waals surface area (Å²) in [5.41, 5.74) is 5.46. The first kappa shape index (κ1) is 9.21. The number of hydrogen-bond acceptors (Lipinski definition) is 1. The van der Waals surface area contributed by atoms with E-state index in [1.165, 1.54) is 24.0 Å². The lowest BCUT2D eigenvalue weighted by atomic mass is 9.89. The van der Waals surface area contributed by atoms with Crippen molar-refractivity contribution >= 4 is 5.69 Å². The third-order valence-electron chi connectivity index (χ3n) is 2.98. The maximum Gasteiger partial charge on any atom is 0.211 e. The molecular formula is C12H14N2. The van der Waals surface area contributed by atoms with E-state index in [2.05, 4.69) is 16.8 Å². The monoisotopic (exact) mass is 186 g/mol. The van der Waals surface area contributed by atoms with E-state index in [4.69, 9.17) is 6.57 Å². The first-order chi connectivity index (χ1) is 6.74. The van der Waals surface area contributed by atoms with Gasteiger partial charge in [0.05, 0.1) is 6.57 Å². The number of fused-ring (bicyclic) bond motifs is 1. The molecular weight excluding hydrogens is 172 g/mol. The van der Waals surface area contributed by atoms with Crippen molar-refractivity contribution in [2.75, 3.05) is 0 Å². The average molecular weight is 186 g/mol. The highest BCUT2D eigenvalue weighted by Gasteiger charge is 2.18. The lowest BCUT2D eigenvalue weighted by molar-refractivity contribution is 0.678. The van der Waals surface area contributed by atoms with Gasteiger partial charge in [0.2, 0.25) is 5.69 Å². The van der Waals surface area contributed by atoms with Gasteiger partial charge >= 0.3 is 0 Å². The number of aryl methyl sites for hydroxylation is 2. The molecule has 1 aliphatic carbocycles. The van der Waals surface area contributed by atoms with Crippen LogP contribution in [0.4, 0.5) is 5.69 Å². The molecule has 0 fully saturated rings. The molecule has 72 valence electrons. The predicted molar refractivity (Wildman–Crippen MR) is 56.6 cm³/mol. The summed E-state index contributed by atoms with van der Waals surface area (Å²) in [5.74, 6) is 0. The molecule has 0 amide bonds. The van der Waals surface area contributed by atoms with Gasteiger partial charge in [0.15, 0.2) is 0 Å². The Hall–Kier alpha value is -1.36. The van der Waals surface area contributed by atoms with Gasteiger partial charge in [0.1, 0.15) is 0 Å². The smallest absolute Gasteiger partial charge is 0.211 e. The van der Waals surface area contributed by atoms with E-state index in [0.717, 1.165) is 29.9 Å². The van der Waals surface area contributed by atoms with E-state index in [1.807, 2.05) is 6.92 Å². The summed E-state index contributed by atoms with van der Waals surface area (Å²) < 4.78 is 0. The molecule has 0 atom stereocenters. The minimum absolute atomic E-state index is 0.810. The number of hydrogen-bond donors (Lipinski definition) is 0. The summed E-state index contributed by atoms with van der Waals surface area (Å²) in [7, 11) is 0. The largest absolute Gasteiger partial charge is 0.270 e. The Morgan fingerprint density at radius 2 is 1.71 bits per heavy atom. The zero-order chi connectivity index (χ0) is 10.1. The molecule has 1 heterocycles. The van der Waals surface area contributed by atoms with Gasteiger partial charge in [-0.3, -0.25) is 4.98 Å². The van der Waals surface area contributed by atoms with Gasteiger partial charge in [0, 0.05) is 11.4 Å². The fourth-order valence-corrected chi connectivity index (χ4v) is 2.30. The number of rotatable bonds is 0. The highest BCUT2D eigenvalue weighted by Crippen LogP contribution is 2.33.